The van der Waals surface area contributed by atoms with E-state index in [2.05, 4.69) is 15.3 Å². The molecule has 0 bridgehead atoms. The minimum Gasteiger partial charge on any atom is -0.388 e. The predicted octanol–water partition coefficient (Wildman–Crippen LogP) is 3.44. The Kier molecular flexibility index (Phi) is 4.06. The molecule has 1 aliphatic carbocycles. The van der Waals surface area contributed by atoms with Crippen LogP contribution in [0.3, 0.4) is 0 Å². The van der Waals surface area contributed by atoms with Gasteiger partial charge in [-0.05, 0) is 31.9 Å². The fourth-order valence-corrected chi connectivity index (χ4v) is 3.07. The van der Waals surface area contributed by atoms with Crippen LogP contribution in [0.25, 0.3) is 11.0 Å². The first-order valence-corrected chi connectivity index (χ1v) is 7.86. The van der Waals surface area contributed by atoms with Crippen molar-refractivity contribution in [2.45, 2.75) is 51.0 Å². The number of hydrogen-bond donors (Lipinski definition) is 2. The number of aliphatic hydroxyl groups is 1. The van der Waals surface area contributed by atoms with Crippen molar-refractivity contribution in [1.29, 1.82) is 0 Å². The monoisotopic (exact) mass is 285 g/mol. The highest BCUT2D eigenvalue weighted by Gasteiger charge is 2.28. The zero-order valence-corrected chi connectivity index (χ0v) is 12.6. The van der Waals surface area contributed by atoms with Crippen LogP contribution >= 0.6 is 0 Å². The topological polar surface area (TPSA) is 58.0 Å². The molecule has 2 N–H and O–H groups in total. The number of rotatable bonds is 3. The largest absolute Gasteiger partial charge is 0.388 e. The molecular formula is C17H23N3O. The zero-order chi connectivity index (χ0) is 14.7. The lowest BCUT2D eigenvalue weighted by Crippen LogP contribution is -2.36. The summed E-state index contributed by atoms with van der Waals surface area (Å²) >= 11 is 0. The Hall–Kier alpha value is -1.68. The first kappa shape index (κ1) is 14.3. The zero-order valence-electron chi connectivity index (χ0n) is 12.6. The number of para-hydroxylation sites is 2. The van der Waals surface area contributed by atoms with Crippen LogP contribution < -0.4 is 5.32 Å². The molecule has 1 saturated carbocycles. The Balaban J connectivity index is 1.76. The quantitative estimate of drug-likeness (QED) is 0.848. The normalized spacial score (nSPS) is 18.4. The molecule has 0 radical (unpaired) electrons. The van der Waals surface area contributed by atoms with E-state index in [1.165, 1.54) is 12.8 Å². The molecule has 112 valence electrons. The molecule has 1 heterocycles. The van der Waals surface area contributed by atoms with Crippen molar-refractivity contribution < 1.29 is 5.11 Å². The van der Waals surface area contributed by atoms with Crippen molar-refractivity contribution >= 4 is 16.9 Å². The van der Waals surface area contributed by atoms with Gasteiger partial charge in [-0.1, -0.05) is 37.8 Å². The molecule has 0 saturated heterocycles. The smallest absolute Gasteiger partial charge is 0.148 e. The number of nitrogens with one attached hydrogen (secondary N) is 1. The third-order valence-corrected chi connectivity index (χ3v) is 4.36. The summed E-state index contributed by atoms with van der Waals surface area (Å²) in [6.45, 7) is 2.51. The summed E-state index contributed by atoms with van der Waals surface area (Å²) in [7, 11) is 0. The van der Waals surface area contributed by atoms with E-state index in [9.17, 15) is 5.11 Å². The molecule has 4 heteroatoms. The molecule has 0 atom stereocenters. The van der Waals surface area contributed by atoms with E-state index in [1.807, 2.05) is 31.2 Å². The van der Waals surface area contributed by atoms with Crippen LogP contribution in [0, 0.1) is 6.92 Å². The van der Waals surface area contributed by atoms with Crippen LogP contribution in [-0.2, 0) is 0 Å². The SMILES string of the molecule is Cc1nc2ccccc2nc1NCC1(O)CCCCCC1. The van der Waals surface area contributed by atoms with Crippen molar-refractivity contribution in [2.24, 2.45) is 0 Å². The molecule has 2 aromatic rings. The van der Waals surface area contributed by atoms with Crippen LogP contribution in [0.2, 0.25) is 0 Å². The molecule has 0 unspecified atom stereocenters. The maximum absolute atomic E-state index is 10.7. The van der Waals surface area contributed by atoms with Gasteiger partial charge in [0.2, 0.25) is 0 Å². The van der Waals surface area contributed by atoms with Crippen LogP contribution in [0.5, 0.6) is 0 Å². The maximum Gasteiger partial charge on any atom is 0.148 e. The lowest BCUT2D eigenvalue weighted by Gasteiger charge is -2.27. The first-order valence-electron chi connectivity index (χ1n) is 7.86. The van der Waals surface area contributed by atoms with E-state index < -0.39 is 5.60 Å². The fraction of sp³-hybridized carbons (Fsp3) is 0.529. The molecule has 3 rings (SSSR count). The van der Waals surface area contributed by atoms with Crippen LogP contribution in [-0.4, -0.2) is 27.2 Å². The third kappa shape index (κ3) is 3.32. The summed E-state index contributed by atoms with van der Waals surface area (Å²) in [4.78, 5) is 9.20. The third-order valence-electron chi connectivity index (χ3n) is 4.36. The summed E-state index contributed by atoms with van der Waals surface area (Å²) < 4.78 is 0. The Morgan fingerprint density at radius 1 is 1.05 bits per heavy atom. The molecule has 0 amide bonds. The summed E-state index contributed by atoms with van der Waals surface area (Å²) in [5.74, 6) is 0.784. The molecule has 1 aromatic heterocycles. The standard InChI is InChI=1S/C17H23N3O/c1-13-16(20-15-9-5-4-8-14(15)19-13)18-12-17(21)10-6-2-3-7-11-17/h4-5,8-9,21H,2-3,6-7,10-12H2,1H3,(H,18,20). The highest BCUT2D eigenvalue weighted by atomic mass is 16.3. The molecule has 4 nitrogen and oxygen atoms in total. The van der Waals surface area contributed by atoms with Crippen molar-refractivity contribution in [1.82, 2.24) is 9.97 Å². The van der Waals surface area contributed by atoms with Gasteiger partial charge >= 0.3 is 0 Å². The van der Waals surface area contributed by atoms with Gasteiger partial charge in [0.15, 0.2) is 0 Å². The van der Waals surface area contributed by atoms with Crippen molar-refractivity contribution in [3.05, 3.63) is 30.0 Å². The highest BCUT2D eigenvalue weighted by Crippen LogP contribution is 2.27. The average Bonchev–Trinajstić information content (AvgIpc) is 2.70. The molecule has 0 aliphatic heterocycles. The Bertz CT molecular complexity index is 618. The van der Waals surface area contributed by atoms with E-state index in [0.29, 0.717) is 6.54 Å². The number of fused-ring (bicyclic) bond motifs is 1. The summed E-state index contributed by atoms with van der Waals surface area (Å²) in [6.07, 6.45) is 6.44. The maximum atomic E-state index is 10.7. The van der Waals surface area contributed by atoms with Gasteiger partial charge in [0.05, 0.1) is 22.3 Å². The highest BCUT2D eigenvalue weighted by molar-refractivity contribution is 5.76. The van der Waals surface area contributed by atoms with Gasteiger partial charge in [-0.2, -0.15) is 0 Å². The molecule has 1 fully saturated rings. The van der Waals surface area contributed by atoms with Crippen molar-refractivity contribution in [2.75, 3.05) is 11.9 Å². The second-order valence-corrected chi connectivity index (χ2v) is 6.14. The van der Waals surface area contributed by atoms with E-state index in [-0.39, 0.29) is 0 Å². The lowest BCUT2D eigenvalue weighted by molar-refractivity contribution is 0.0380. The number of benzene rings is 1. The first-order chi connectivity index (χ1) is 10.2. The van der Waals surface area contributed by atoms with Gasteiger partial charge < -0.3 is 10.4 Å². The Morgan fingerprint density at radius 3 is 2.33 bits per heavy atom. The van der Waals surface area contributed by atoms with Gasteiger partial charge in [0.25, 0.3) is 0 Å². The van der Waals surface area contributed by atoms with Gasteiger partial charge in [-0.25, -0.2) is 9.97 Å². The summed E-state index contributed by atoms with van der Waals surface area (Å²) in [6, 6.07) is 7.87. The van der Waals surface area contributed by atoms with Crippen LogP contribution in [0.4, 0.5) is 5.82 Å². The molecule has 0 spiro atoms. The summed E-state index contributed by atoms with van der Waals surface area (Å²) in [5, 5.41) is 14.0. The van der Waals surface area contributed by atoms with E-state index >= 15 is 0 Å². The number of hydrogen-bond acceptors (Lipinski definition) is 4. The molecule has 1 aliphatic rings. The predicted molar refractivity (Wildman–Crippen MR) is 85.4 cm³/mol. The molecular weight excluding hydrogens is 262 g/mol. The molecule has 1 aromatic carbocycles. The van der Waals surface area contributed by atoms with E-state index in [1.54, 1.807) is 0 Å². The van der Waals surface area contributed by atoms with Crippen molar-refractivity contribution in [3.8, 4) is 0 Å². The molecule has 21 heavy (non-hydrogen) atoms. The fourth-order valence-electron chi connectivity index (χ4n) is 3.07. The van der Waals surface area contributed by atoms with E-state index in [4.69, 9.17) is 0 Å². The number of nitrogens with zero attached hydrogens (tertiary/aromatic N) is 2. The number of aromatic nitrogens is 2. The average molecular weight is 285 g/mol. The van der Waals surface area contributed by atoms with E-state index in [0.717, 1.165) is 48.2 Å². The van der Waals surface area contributed by atoms with Gasteiger partial charge in [0, 0.05) is 6.54 Å². The Labute approximate surface area is 125 Å². The second kappa shape index (κ2) is 5.98. The van der Waals surface area contributed by atoms with Crippen LogP contribution in [0.15, 0.2) is 24.3 Å². The van der Waals surface area contributed by atoms with Gasteiger partial charge in [-0.3, -0.25) is 0 Å². The van der Waals surface area contributed by atoms with Gasteiger partial charge in [0.1, 0.15) is 5.82 Å². The van der Waals surface area contributed by atoms with Crippen molar-refractivity contribution in [3.63, 3.8) is 0 Å². The van der Waals surface area contributed by atoms with Gasteiger partial charge in [-0.15, -0.1) is 0 Å². The number of anilines is 1. The lowest BCUT2D eigenvalue weighted by atomic mass is 9.94. The van der Waals surface area contributed by atoms with Crippen LogP contribution in [0.1, 0.15) is 44.2 Å². The Morgan fingerprint density at radius 2 is 1.67 bits per heavy atom. The number of aryl methyl sites for hydroxylation is 1. The minimum absolute atomic E-state index is 0.556. The second-order valence-electron chi connectivity index (χ2n) is 6.14. The summed E-state index contributed by atoms with van der Waals surface area (Å²) in [5.41, 5.74) is 2.08. The minimum atomic E-state index is -0.601.